The minimum Gasteiger partial charge on any atom is -0.772 e. The number of para-hydroxylation sites is 1. The number of thiazole rings is 1. The van der Waals surface area contributed by atoms with Crippen molar-refractivity contribution in [3.05, 3.63) is 96.1 Å². The smallest absolute Gasteiger partial charge is 0.772 e. The molecule has 1 unspecified atom stereocenters. The zero-order chi connectivity index (χ0) is 18.6. The minimum atomic E-state index is -2.37. The van der Waals surface area contributed by atoms with Crippen LogP contribution in [0.4, 0.5) is 0 Å². The molecule has 0 aliphatic carbocycles. The Morgan fingerprint density at radius 2 is 1.43 bits per heavy atom. The molecule has 0 spiro atoms. The second-order valence-corrected chi connectivity index (χ2v) is 8.01. The van der Waals surface area contributed by atoms with Gasteiger partial charge in [-0.15, -0.1) is 0 Å². The summed E-state index contributed by atoms with van der Waals surface area (Å²) in [5, 5.41) is -0.392. The molecule has 4 aromatic rings. The number of hydrogen-bond donors (Lipinski definition) is 0. The molecule has 0 amide bonds. The van der Waals surface area contributed by atoms with Crippen LogP contribution in [0.25, 0.3) is 10.2 Å². The van der Waals surface area contributed by atoms with E-state index < -0.39 is 22.4 Å². The van der Waals surface area contributed by atoms with E-state index in [0.717, 1.165) is 15.8 Å². The third-order valence-electron chi connectivity index (χ3n) is 4.24. The summed E-state index contributed by atoms with van der Waals surface area (Å²) in [4.78, 5) is 4.51. The van der Waals surface area contributed by atoms with Crippen LogP contribution in [0, 0.1) is 0 Å². The molecule has 28 heavy (non-hydrogen) atoms. The summed E-state index contributed by atoms with van der Waals surface area (Å²) in [6, 6.07) is 26.3. The van der Waals surface area contributed by atoms with Crippen LogP contribution in [0.1, 0.15) is 22.5 Å². The van der Waals surface area contributed by atoms with Crippen LogP contribution in [0.2, 0.25) is 0 Å². The molecule has 136 valence electrons. The standard InChI is InChI=1S/C21H17NO3S2.Li/c23-27(24)20(16-11-5-2-6-12-16)19(15-9-3-1-4-10-15)25-21-22-17-13-7-8-14-18(17)26-21;/h1-14,19-20H,(H,23,24);/q;+1/p-1/t19-,20-;/m1./s1. The quantitative estimate of drug-likeness (QED) is 0.366. The molecule has 0 radical (unpaired) electrons. The summed E-state index contributed by atoms with van der Waals surface area (Å²) in [5.74, 6) is 0. The van der Waals surface area contributed by atoms with Crippen molar-refractivity contribution < 1.29 is 32.4 Å². The van der Waals surface area contributed by atoms with Gasteiger partial charge in [-0.1, -0.05) is 84.1 Å². The van der Waals surface area contributed by atoms with Crippen LogP contribution in [-0.4, -0.2) is 13.7 Å². The van der Waals surface area contributed by atoms with E-state index in [-0.39, 0.29) is 18.9 Å². The molecule has 3 aromatic carbocycles. The van der Waals surface area contributed by atoms with Crippen molar-refractivity contribution in [3.63, 3.8) is 0 Å². The predicted octanol–water partition coefficient (Wildman–Crippen LogP) is 2.04. The Balaban J connectivity index is 0.00000225. The molecular formula is C21H16LiNO3S2. The van der Waals surface area contributed by atoms with E-state index in [1.54, 1.807) is 12.1 Å². The van der Waals surface area contributed by atoms with E-state index in [9.17, 15) is 8.76 Å². The molecule has 7 heteroatoms. The summed E-state index contributed by atoms with van der Waals surface area (Å²) in [6.07, 6.45) is -0.701. The molecule has 1 aromatic heterocycles. The Labute approximate surface area is 182 Å². The maximum absolute atomic E-state index is 12.2. The van der Waals surface area contributed by atoms with Crippen molar-refractivity contribution in [2.24, 2.45) is 0 Å². The maximum Gasteiger partial charge on any atom is 1.00 e. The number of ether oxygens (including phenoxy) is 1. The summed E-state index contributed by atoms with van der Waals surface area (Å²) in [7, 11) is 0. The fraction of sp³-hybridized carbons (Fsp3) is 0.0952. The Hall–Kier alpha value is -1.94. The molecule has 1 heterocycles. The topological polar surface area (TPSA) is 62.2 Å². The molecule has 0 aliphatic heterocycles. The van der Waals surface area contributed by atoms with Gasteiger partial charge in [0.25, 0.3) is 5.19 Å². The van der Waals surface area contributed by atoms with Crippen molar-refractivity contribution in [2.75, 3.05) is 0 Å². The number of rotatable bonds is 6. The van der Waals surface area contributed by atoms with Gasteiger partial charge in [0.05, 0.1) is 15.5 Å². The predicted molar refractivity (Wildman–Crippen MR) is 108 cm³/mol. The van der Waals surface area contributed by atoms with Gasteiger partial charge in [0, 0.05) is 0 Å². The number of hydrogen-bond acceptors (Lipinski definition) is 5. The van der Waals surface area contributed by atoms with Gasteiger partial charge < -0.3 is 9.29 Å². The van der Waals surface area contributed by atoms with Crippen LogP contribution < -0.4 is 23.6 Å². The normalized spacial score (nSPS) is 14.0. The Morgan fingerprint density at radius 3 is 2.04 bits per heavy atom. The van der Waals surface area contributed by atoms with Gasteiger partial charge in [-0.05, 0) is 34.3 Å². The van der Waals surface area contributed by atoms with Crippen LogP contribution in [-0.2, 0) is 11.1 Å². The molecule has 4 rings (SSSR count). The molecule has 4 nitrogen and oxygen atoms in total. The van der Waals surface area contributed by atoms with Gasteiger partial charge in [0.15, 0.2) is 0 Å². The molecule has 0 bridgehead atoms. The van der Waals surface area contributed by atoms with Crippen LogP contribution in [0.15, 0.2) is 84.9 Å². The van der Waals surface area contributed by atoms with Gasteiger partial charge in [-0.25, -0.2) is 4.98 Å². The van der Waals surface area contributed by atoms with Crippen molar-refractivity contribution in [1.29, 1.82) is 0 Å². The number of aromatic nitrogens is 1. The monoisotopic (exact) mass is 401 g/mol. The number of benzene rings is 3. The first-order valence-corrected chi connectivity index (χ1v) is 10.4. The third-order valence-corrected chi connectivity index (χ3v) is 6.10. The van der Waals surface area contributed by atoms with Gasteiger partial charge in [0.1, 0.15) is 6.10 Å². The Morgan fingerprint density at radius 1 is 0.857 bits per heavy atom. The van der Waals surface area contributed by atoms with Crippen molar-refractivity contribution in [2.45, 2.75) is 11.4 Å². The number of nitrogens with zero attached hydrogens (tertiary/aromatic N) is 1. The maximum atomic E-state index is 12.2. The minimum absolute atomic E-state index is 0. The largest absolute Gasteiger partial charge is 1.00 e. The summed E-state index contributed by atoms with van der Waals surface area (Å²) in [6.45, 7) is 0. The van der Waals surface area contributed by atoms with E-state index in [0.29, 0.717) is 10.8 Å². The Bertz CT molecular complexity index is 1020. The second kappa shape index (κ2) is 9.51. The zero-order valence-electron chi connectivity index (χ0n) is 15.2. The first-order chi connectivity index (χ1) is 13.2. The molecular weight excluding hydrogens is 385 g/mol. The van der Waals surface area contributed by atoms with Crippen LogP contribution >= 0.6 is 11.3 Å². The van der Waals surface area contributed by atoms with Crippen LogP contribution in [0.5, 0.6) is 5.19 Å². The first kappa shape index (κ1) is 20.8. The van der Waals surface area contributed by atoms with Gasteiger partial charge in [0.2, 0.25) is 0 Å². The van der Waals surface area contributed by atoms with Gasteiger partial charge in [-0.2, -0.15) is 0 Å². The molecule has 3 atom stereocenters. The van der Waals surface area contributed by atoms with E-state index in [4.69, 9.17) is 4.74 Å². The van der Waals surface area contributed by atoms with E-state index in [1.807, 2.05) is 72.8 Å². The van der Waals surface area contributed by atoms with E-state index >= 15 is 0 Å². The summed E-state index contributed by atoms with van der Waals surface area (Å²) < 4.78 is 31.5. The fourth-order valence-electron chi connectivity index (χ4n) is 2.99. The SMILES string of the molecule is O=S([O-])[C@H](c1ccccc1)[C@H](Oc1nc2ccccc2s1)c1ccccc1.[Li+]. The average Bonchev–Trinajstić information content (AvgIpc) is 3.11. The van der Waals surface area contributed by atoms with Crippen LogP contribution in [0.3, 0.4) is 0 Å². The number of fused-ring (bicyclic) bond motifs is 1. The van der Waals surface area contributed by atoms with Gasteiger partial charge in [-0.3, -0.25) is 4.21 Å². The zero-order valence-corrected chi connectivity index (χ0v) is 16.9. The third kappa shape index (κ3) is 4.54. The van der Waals surface area contributed by atoms with Crippen molar-refractivity contribution in [1.82, 2.24) is 4.98 Å². The average molecular weight is 401 g/mol. The summed E-state index contributed by atoms with van der Waals surface area (Å²) in [5.41, 5.74) is 2.31. The second-order valence-electron chi connectivity index (χ2n) is 5.99. The molecule has 0 N–H and O–H groups in total. The van der Waals surface area contributed by atoms with E-state index in [2.05, 4.69) is 4.98 Å². The van der Waals surface area contributed by atoms with E-state index in [1.165, 1.54) is 11.3 Å². The first-order valence-electron chi connectivity index (χ1n) is 8.42. The van der Waals surface area contributed by atoms with Crippen molar-refractivity contribution >= 4 is 32.6 Å². The molecule has 0 fully saturated rings. The van der Waals surface area contributed by atoms with Gasteiger partial charge >= 0.3 is 18.9 Å². The van der Waals surface area contributed by atoms with Crippen molar-refractivity contribution in [3.8, 4) is 5.19 Å². The summed E-state index contributed by atoms with van der Waals surface area (Å²) >= 11 is -0.964. The fourth-order valence-corrected chi connectivity index (χ4v) is 4.63. The molecule has 0 aliphatic rings. The molecule has 0 saturated heterocycles. The Kier molecular flexibility index (Phi) is 7.06. The molecule has 0 saturated carbocycles.